The minimum Gasteiger partial charge on any atom is -0.457 e. The van der Waals surface area contributed by atoms with Gasteiger partial charge < -0.3 is 9.15 Å². The Bertz CT molecular complexity index is 1310. The van der Waals surface area contributed by atoms with Crippen LogP contribution in [0.4, 0.5) is 0 Å². The quantitative estimate of drug-likeness (QED) is 0.455. The maximum atomic E-state index is 12.5. The number of ether oxygens (including phenoxy) is 1. The number of carbonyl (C=O) groups is 1. The Morgan fingerprint density at radius 1 is 1.14 bits per heavy atom. The van der Waals surface area contributed by atoms with Gasteiger partial charge in [0.2, 0.25) is 10.0 Å². The van der Waals surface area contributed by atoms with E-state index >= 15 is 0 Å². The summed E-state index contributed by atoms with van der Waals surface area (Å²) < 4.78 is 34.1. The Balaban J connectivity index is 1.65. The summed E-state index contributed by atoms with van der Waals surface area (Å²) in [5, 5.41) is 5.84. The van der Waals surface area contributed by atoms with Gasteiger partial charge in [-0.1, -0.05) is 0 Å². The normalized spacial score (nSPS) is 13.4. The highest BCUT2D eigenvalue weighted by atomic mass is 79.9. The third kappa shape index (κ3) is 3.98. The van der Waals surface area contributed by atoms with E-state index in [-0.39, 0.29) is 17.1 Å². The first-order valence-corrected chi connectivity index (χ1v) is 11.1. The standard InChI is InChI=1S/C20H16BrNO6S/c21-17-5-4-14(29(22,25)26)9-16(17)20(24)27-10-13-8-19(23)28-18-7-12-3-1-2-11(12)6-15(13)18/h4-9H,1-3,10H2,(H2,22,25,26). The van der Waals surface area contributed by atoms with Gasteiger partial charge in [-0.3, -0.25) is 0 Å². The fraction of sp³-hybridized carbons (Fsp3) is 0.200. The Kier molecular flexibility index (Phi) is 5.05. The molecule has 7 nitrogen and oxygen atoms in total. The zero-order valence-electron chi connectivity index (χ0n) is 15.1. The summed E-state index contributed by atoms with van der Waals surface area (Å²) in [6.07, 6.45) is 2.95. The van der Waals surface area contributed by atoms with Gasteiger partial charge in [0.1, 0.15) is 12.2 Å². The molecule has 0 unspecified atom stereocenters. The molecule has 2 N–H and O–H groups in total. The van der Waals surface area contributed by atoms with Crippen molar-refractivity contribution in [3.05, 3.63) is 73.5 Å². The molecule has 29 heavy (non-hydrogen) atoms. The molecule has 0 bridgehead atoms. The lowest BCUT2D eigenvalue weighted by Gasteiger charge is -2.10. The maximum Gasteiger partial charge on any atom is 0.339 e. The summed E-state index contributed by atoms with van der Waals surface area (Å²) in [6, 6.07) is 8.98. The molecule has 1 aliphatic carbocycles. The molecule has 1 aromatic heterocycles. The van der Waals surface area contributed by atoms with Crippen molar-refractivity contribution >= 4 is 42.9 Å². The average Bonchev–Trinajstić information content (AvgIpc) is 3.10. The second kappa shape index (κ2) is 7.40. The van der Waals surface area contributed by atoms with Gasteiger partial charge in [-0.2, -0.15) is 0 Å². The second-order valence-corrected chi connectivity index (χ2v) is 9.24. The lowest BCUT2D eigenvalue weighted by atomic mass is 10.0. The van der Waals surface area contributed by atoms with Crippen LogP contribution in [0, 0.1) is 0 Å². The molecule has 150 valence electrons. The number of aryl methyl sites for hydroxylation is 2. The third-order valence-electron chi connectivity index (χ3n) is 4.89. The molecule has 0 saturated heterocycles. The van der Waals surface area contributed by atoms with E-state index in [0.29, 0.717) is 15.6 Å². The molecule has 1 aliphatic rings. The fourth-order valence-corrected chi connectivity index (χ4v) is 4.42. The summed E-state index contributed by atoms with van der Waals surface area (Å²) >= 11 is 3.21. The van der Waals surface area contributed by atoms with Crippen LogP contribution in [0.2, 0.25) is 0 Å². The van der Waals surface area contributed by atoms with Crippen LogP contribution in [0.1, 0.15) is 33.5 Å². The largest absolute Gasteiger partial charge is 0.457 e. The van der Waals surface area contributed by atoms with E-state index in [2.05, 4.69) is 15.9 Å². The number of sulfonamides is 1. The van der Waals surface area contributed by atoms with Crippen molar-refractivity contribution in [2.45, 2.75) is 30.8 Å². The van der Waals surface area contributed by atoms with Crippen LogP contribution in [-0.2, 0) is 34.2 Å². The van der Waals surface area contributed by atoms with E-state index < -0.39 is 21.6 Å². The summed E-state index contributed by atoms with van der Waals surface area (Å²) in [5.41, 5.74) is 2.84. The first-order valence-electron chi connectivity index (χ1n) is 8.80. The third-order valence-corrected chi connectivity index (χ3v) is 6.49. The topological polar surface area (TPSA) is 117 Å². The van der Waals surface area contributed by atoms with Crippen molar-refractivity contribution in [2.24, 2.45) is 5.14 Å². The van der Waals surface area contributed by atoms with Crippen LogP contribution in [0.5, 0.6) is 0 Å². The molecule has 0 radical (unpaired) electrons. The van der Waals surface area contributed by atoms with E-state index in [1.54, 1.807) is 0 Å². The monoisotopic (exact) mass is 477 g/mol. The molecule has 1 heterocycles. The number of hydrogen-bond donors (Lipinski definition) is 1. The molecule has 0 saturated carbocycles. The zero-order chi connectivity index (χ0) is 20.8. The molecular weight excluding hydrogens is 462 g/mol. The van der Waals surface area contributed by atoms with Crippen LogP contribution in [0.15, 0.2) is 55.0 Å². The minimum absolute atomic E-state index is 0.0182. The highest BCUT2D eigenvalue weighted by molar-refractivity contribution is 9.10. The summed E-state index contributed by atoms with van der Waals surface area (Å²) in [5.74, 6) is -0.745. The van der Waals surface area contributed by atoms with Crippen molar-refractivity contribution in [2.75, 3.05) is 0 Å². The lowest BCUT2D eigenvalue weighted by Crippen LogP contribution is -2.14. The van der Waals surface area contributed by atoms with Crippen LogP contribution < -0.4 is 10.8 Å². The van der Waals surface area contributed by atoms with Crippen LogP contribution in [-0.4, -0.2) is 14.4 Å². The number of esters is 1. The van der Waals surface area contributed by atoms with Gasteiger partial charge in [0.05, 0.1) is 10.5 Å². The SMILES string of the molecule is NS(=O)(=O)c1ccc(Br)c(C(=O)OCc2cc(=O)oc3cc4c(cc23)CCC4)c1. The Morgan fingerprint density at radius 3 is 2.59 bits per heavy atom. The van der Waals surface area contributed by atoms with Crippen molar-refractivity contribution in [3.63, 3.8) is 0 Å². The minimum atomic E-state index is -3.97. The molecule has 0 fully saturated rings. The predicted molar refractivity (Wildman–Crippen MR) is 109 cm³/mol. The molecule has 3 aromatic rings. The molecule has 4 rings (SSSR count). The van der Waals surface area contributed by atoms with E-state index in [1.807, 2.05) is 12.1 Å². The van der Waals surface area contributed by atoms with E-state index in [0.717, 1.165) is 30.7 Å². The number of hydrogen-bond acceptors (Lipinski definition) is 6. The number of carbonyl (C=O) groups excluding carboxylic acids is 1. The van der Waals surface area contributed by atoms with Crippen molar-refractivity contribution in [1.29, 1.82) is 0 Å². The van der Waals surface area contributed by atoms with Gasteiger partial charge in [-0.25, -0.2) is 23.1 Å². The Morgan fingerprint density at radius 2 is 1.86 bits per heavy atom. The number of benzene rings is 2. The number of primary sulfonamides is 1. The van der Waals surface area contributed by atoms with Crippen molar-refractivity contribution in [1.82, 2.24) is 0 Å². The van der Waals surface area contributed by atoms with Crippen molar-refractivity contribution < 1.29 is 22.4 Å². The summed E-state index contributed by atoms with van der Waals surface area (Å²) in [7, 11) is -3.97. The summed E-state index contributed by atoms with van der Waals surface area (Å²) in [4.78, 5) is 24.3. The smallest absolute Gasteiger partial charge is 0.339 e. The lowest BCUT2D eigenvalue weighted by molar-refractivity contribution is 0.0472. The first-order chi connectivity index (χ1) is 13.7. The highest BCUT2D eigenvalue weighted by Crippen LogP contribution is 2.29. The maximum absolute atomic E-state index is 12.5. The fourth-order valence-electron chi connectivity index (χ4n) is 3.47. The molecule has 0 atom stereocenters. The van der Waals surface area contributed by atoms with Gasteiger partial charge in [0.15, 0.2) is 0 Å². The molecule has 2 aromatic carbocycles. The molecule has 0 amide bonds. The van der Waals surface area contributed by atoms with Crippen LogP contribution in [0.25, 0.3) is 11.0 Å². The predicted octanol–water partition coefficient (Wildman–Crippen LogP) is 3.05. The molecule has 0 spiro atoms. The van der Waals surface area contributed by atoms with Crippen LogP contribution in [0.3, 0.4) is 0 Å². The zero-order valence-corrected chi connectivity index (χ0v) is 17.5. The van der Waals surface area contributed by atoms with Gasteiger partial charge >= 0.3 is 11.6 Å². The van der Waals surface area contributed by atoms with E-state index in [9.17, 15) is 18.0 Å². The number of nitrogens with two attached hydrogens (primary N) is 1. The Hall–Kier alpha value is -2.49. The van der Waals surface area contributed by atoms with Gasteiger partial charge in [0, 0.05) is 21.5 Å². The number of rotatable bonds is 4. The van der Waals surface area contributed by atoms with E-state index in [1.165, 1.54) is 29.3 Å². The highest BCUT2D eigenvalue weighted by Gasteiger charge is 2.19. The molecular formula is C20H16BrNO6S. The molecule has 0 aliphatic heterocycles. The van der Waals surface area contributed by atoms with Gasteiger partial charge in [-0.05, 0) is 76.7 Å². The van der Waals surface area contributed by atoms with Crippen molar-refractivity contribution in [3.8, 4) is 0 Å². The van der Waals surface area contributed by atoms with Crippen LogP contribution >= 0.6 is 15.9 Å². The summed E-state index contributed by atoms with van der Waals surface area (Å²) in [6.45, 7) is -0.161. The van der Waals surface area contributed by atoms with Gasteiger partial charge in [-0.15, -0.1) is 0 Å². The Labute approximate surface area is 174 Å². The first kappa shape index (κ1) is 19.8. The van der Waals surface area contributed by atoms with Gasteiger partial charge in [0.25, 0.3) is 0 Å². The second-order valence-electron chi connectivity index (χ2n) is 6.82. The number of halogens is 1. The van der Waals surface area contributed by atoms with E-state index in [4.69, 9.17) is 14.3 Å². The average molecular weight is 478 g/mol. The number of fused-ring (bicyclic) bond motifs is 2. The molecule has 9 heteroatoms.